The first-order valence-corrected chi connectivity index (χ1v) is 15.5. The molecule has 0 bridgehead atoms. The summed E-state index contributed by atoms with van der Waals surface area (Å²) in [6.07, 6.45) is 3.95. The van der Waals surface area contributed by atoms with E-state index in [9.17, 15) is 14.7 Å². The van der Waals surface area contributed by atoms with Crippen LogP contribution in [0.1, 0.15) is 67.1 Å². The van der Waals surface area contributed by atoms with Crippen molar-refractivity contribution in [2.45, 2.75) is 51.6 Å². The van der Waals surface area contributed by atoms with Gasteiger partial charge in [0.05, 0.1) is 12.6 Å². The van der Waals surface area contributed by atoms with Crippen LogP contribution in [0.25, 0.3) is 0 Å². The molecule has 2 heterocycles. The molecule has 2 unspecified atom stereocenters. The fraction of sp³-hybridized carbons (Fsp3) is 0.576. The van der Waals surface area contributed by atoms with Gasteiger partial charge in [-0.05, 0) is 81.0 Å². The molecule has 3 aliphatic rings. The summed E-state index contributed by atoms with van der Waals surface area (Å²) in [7, 11) is 0. The maximum atomic E-state index is 13.6. The SMILES string of the molecule is CCOC(=O)CCCN1CCN(C(=O)c2cccc(C(c3cccc(O)c3)N3CCN(CC4CC4)CC3C)c2)CC1. The lowest BCUT2D eigenvalue weighted by Gasteiger charge is -2.44. The number of benzene rings is 2. The van der Waals surface area contributed by atoms with Crippen LogP contribution in [0, 0.1) is 5.92 Å². The summed E-state index contributed by atoms with van der Waals surface area (Å²) in [6.45, 7) is 12.6. The molecule has 2 aromatic rings. The van der Waals surface area contributed by atoms with E-state index in [1.165, 1.54) is 19.4 Å². The van der Waals surface area contributed by atoms with Gasteiger partial charge in [-0.2, -0.15) is 0 Å². The fourth-order valence-corrected chi connectivity index (χ4v) is 6.41. The molecule has 0 aromatic heterocycles. The Morgan fingerprint density at radius 1 is 0.951 bits per heavy atom. The lowest BCUT2D eigenvalue weighted by atomic mass is 9.93. The molecule has 222 valence electrons. The molecule has 41 heavy (non-hydrogen) atoms. The Kier molecular flexibility index (Phi) is 9.96. The fourth-order valence-electron chi connectivity index (χ4n) is 6.41. The molecule has 2 atom stereocenters. The van der Waals surface area contributed by atoms with Crippen LogP contribution in [0.4, 0.5) is 0 Å². The maximum absolute atomic E-state index is 13.6. The van der Waals surface area contributed by atoms with Crippen molar-refractivity contribution in [1.82, 2.24) is 19.6 Å². The van der Waals surface area contributed by atoms with Crippen molar-refractivity contribution in [3.8, 4) is 5.75 Å². The molecule has 2 aromatic carbocycles. The summed E-state index contributed by atoms with van der Waals surface area (Å²) in [5.74, 6) is 1.07. The van der Waals surface area contributed by atoms with Crippen LogP contribution in [0.5, 0.6) is 5.75 Å². The number of hydrogen-bond donors (Lipinski definition) is 1. The van der Waals surface area contributed by atoms with Gasteiger partial charge in [0.2, 0.25) is 0 Å². The Hall–Kier alpha value is -2.94. The zero-order valence-corrected chi connectivity index (χ0v) is 24.7. The number of nitrogens with zero attached hydrogens (tertiary/aromatic N) is 4. The number of esters is 1. The molecule has 0 radical (unpaired) electrons. The van der Waals surface area contributed by atoms with Crippen LogP contribution in [-0.2, 0) is 9.53 Å². The molecule has 8 heteroatoms. The molecular formula is C33H46N4O4. The molecule has 2 aliphatic heterocycles. The monoisotopic (exact) mass is 562 g/mol. The molecule has 5 rings (SSSR count). The topological polar surface area (TPSA) is 76.6 Å². The van der Waals surface area contributed by atoms with Gasteiger partial charge in [-0.1, -0.05) is 24.3 Å². The molecule has 1 saturated carbocycles. The number of amides is 1. The minimum atomic E-state index is -0.139. The van der Waals surface area contributed by atoms with Gasteiger partial charge in [-0.15, -0.1) is 0 Å². The highest BCUT2D eigenvalue weighted by Crippen LogP contribution is 2.35. The first kappa shape index (κ1) is 29.5. The molecule has 1 N–H and O–H groups in total. The van der Waals surface area contributed by atoms with Crippen molar-refractivity contribution in [2.75, 3.05) is 65.5 Å². The predicted octanol–water partition coefficient (Wildman–Crippen LogP) is 4.00. The predicted molar refractivity (Wildman–Crippen MR) is 160 cm³/mol. The van der Waals surface area contributed by atoms with Gasteiger partial charge in [0.15, 0.2) is 0 Å². The highest BCUT2D eigenvalue weighted by Gasteiger charge is 2.34. The number of phenolic OH excluding ortho intramolecular Hbond substituents is 1. The number of ether oxygens (including phenoxy) is 1. The molecular weight excluding hydrogens is 516 g/mol. The second kappa shape index (κ2) is 13.8. The largest absolute Gasteiger partial charge is 0.508 e. The summed E-state index contributed by atoms with van der Waals surface area (Å²) in [5.41, 5.74) is 2.85. The van der Waals surface area contributed by atoms with E-state index in [2.05, 4.69) is 39.8 Å². The molecule has 0 spiro atoms. The lowest BCUT2D eigenvalue weighted by molar-refractivity contribution is -0.143. The number of phenols is 1. The van der Waals surface area contributed by atoms with Crippen LogP contribution < -0.4 is 0 Å². The standard InChI is InChI=1S/C33H46N4O4/c1-3-41-31(39)11-6-14-34-15-18-36(19-16-34)33(40)29-9-4-7-27(21-29)32(28-8-5-10-30(38)22-28)37-20-17-35(23-25(37)2)24-26-12-13-26/h4-5,7-10,21-22,25-26,32,38H,3,6,11-20,23-24H2,1-2H3. The van der Waals surface area contributed by atoms with E-state index < -0.39 is 0 Å². The third-order valence-electron chi connectivity index (χ3n) is 8.76. The van der Waals surface area contributed by atoms with Crippen molar-refractivity contribution in [3.63, 3.8) is 0 Å². The summed E-state index contributed by atoms with van der Waals surface area (Å²) in [4.78, 5) is 34.7. The zero-order valence-electron chi connectivity index (χ0n) is 24.7. The number of aromatic hydroxyl groups is 1. The number of carbonyl (C=O) groups excluding carboxylic acids is 2. The third-order valence-corrected chi connectivity index (χ3v) is 8.76. The van der Waals surface area contributed by atoms with Crippen molar-refractivity contribution in [2.24, 2.45) is 5.92 Å². The van der Waals surface area contributed by atoms with Crippen LogP contribution in [0.15, 0.2) is 48.5 Å². The minimum absolute atomic E-state index is 0.0378. The quantitative estimate of drug-likeness (QED) is 0.415. The van der Waals surface area contributed by atoms with Gasteiger partial charge >= 0.3 is 5.97 Å². The van der Waals surface area contributed by atoms with Gasteiger partial charge in [0.25, 0.3) is 5.91 Å². The van der Waals surface area contributed by atoms with E-state index in [4.69, 9.17) is 4.74 Å². The average Bonchev–Trinajstić information content (AvgIpc) is 3.79. The normalized spacial score (nSPS) is 21.5. The summed E-state index contributed by atoms with van der Waals surface area (Å²) in [6, 6.07) is 16.0. The highest BCUT2D eigenvalue weighted by molar-refractivity contribution is 5.94. The van der Waals surface area contributed by atoms with Crippen molar-refractivity contribution in [1.29, 1.82) is 0 Å². The number of rotatable bonds is 11. The molecule has 1 aliphatic carbocycles. The van der Waals surface area contributed by atoms with Crippen molar-refractivity contribution < 1.29 is 19.4 Å². The molecule has 2 saturated heterocycles. The lowest BCUT2D eigenvalue weighted by Crippen LogP contribution is -2.53. The van der Waals surface area contributed by atoms with Crippen LogP contribution in [0.3, 0.4) is 0 Å². The Bertz CT molecular complexity index is 1180. The number of piperazine rings is 2. The van der Waals surface area contributed by atoms with Crippen LogP contribution in [-0.4, -0.2) is 108 Å². The average molecular weight is 563 g/mol. The van der Waals surface area contributed by atoms with Crippen molar-refractivity contribution in [3.05, 3.63) is 65.2 Å². The Morgan fingerprint density at radius 3 is 2.34 bits per heavy atom. The summed E-state index contributed by atoms with van der Waals surface area (Å²) < 4.78 is 5.03. The van der Waals surface area contributed by atoms with Gasteiger partial charge < -0.3 is 19.6 Å². The highest BCUT2D eigenvalue weighted by atomic mass is 16.5. The van der Waals surface area contributed by atoms with Gasteiger partial charge in [0.1, 0.15) is 5.75 Å². The third kappa shape index (κ3) is 7.87. The second-order valence-electron chi connectivity index (χ2n) is 12.0. The van der Waals surface area contributed by atoms with E-state index in [0.717, 1.165) is 62.7 Å². The molecule has 1 amide bonds. The summed E-state index contributed by atoms with van der Waals surface area (Å²) in [5, 5.41) is 10.3. The Morgan fingerprint density at radius 2 is 1.66 bits per heavy atom. The van der Waals surface area contributed by atoms with Gasteiger partial charge in [-0.25, -0.2) is 0 Å². The molecule has 3 fully saturated rings. The smallest absolute Gasteiger partial charge is 0.305 e. The van der Waals surface area contributed by atoms with Gasteiger partial charge in [0, 0.05) is 70.4 Å². The van der Waals surface area contributed by atoms with E-state index in [1.807, 2.05) is 36.1 Å². The van der Waals surface area contributed by atoms with Crippen LogP contribution in [0.2, 0.25) is 0 Å². The van der Waals surface area contributed by atoms with E-state index in [1.54, 1.807) is 6.07 Å². The van der Waals surface area contributed by atoms with Gasteiger partial charge in [-0.3, -0.25) is 19.4 Å². The van der Waals surface area contributed by atoms with Crippen LogP contribution >= 0.6 is 0 Å². The zero-order chi connectivity index (χ0) is 28.8. The van der Waals surface area contributed by atoms with E-state index in [0.29, 0.717) is 37.7 Å². The maximum Gasteiger partial charge on any atom is 0.305 e. The van der Waals surface area contributed by atoms with E-state index in [-0.39, 0.29) is 23.7 Å². The summed E-state index contributed by atoms with van der Waals surface area (Å²) >= 11 is 0. The Labute approximate surface area is 244 Å². The second-order valence-corrected chi connectivity index (χ2v) is 12.0. The first-order valence-electron chi connectivity index (χ1n) is 15.5. The first-order chi connectivity index (χ1) is 19.9. The Balaban J connectivity index is 1.26. The number of hydrogen-bond acceptors (Lipinski definition) is 7. The van der Waals surface area contributed by atoms with E-state index >= 15 is 0 Å². The number of carbonyl (C=O) groups is 2. The molecule has 8 nitrogen and oxygen atoms in total. The van der Waals surface area contributed by atoms with Crippen molar-refractivity contribution >= 4 is 11.9 Å². The minimum Gasteiger partial charge on any atom is -0.508 e.